The summed E-state index contributed by atoms with van der Waals surface area (Å²) in [7, 11) is 0. The zero-order valence-electron chi connectivity index (χ0n) is 6.80. The summed E-state index contributed by atoms with van der Waals surface area (Å²) < 4.78 is 61.0. The lowest BCUT2D eigenvalue weighted by Gasteiger charge is -1.98. The lowest BCUT2D eigenvalue weighted by Crippen LogP contribution is -1.89. The highest BCUT2D eigenvalue weighted by atomic mass is 19.2. The van der Waals surface area contributed by atoms with Crippen LogP contribution in [0.25, 0.3) is 0 Å². The van der Waals surface area contributed by atoms with Crippen molar-refractivity contribution in [3.05, 3.63) is 35.5 Å². The highest BCUT2D eigenvalue weighted by molar-refractivity contribution is 5.32. The van der Waals surface area contributed by atoms with Gasteiger partial charge in [0.05, 0.1) is 0 Å². The monoisotopic (exact) mass is 198 g/mol. The van der Waals surface area contributed by atoms with Crippen molar-refractivity contribution in [1.82, 2.24) is 0 Å². The van der Waals surface area contributed by atoms with Gasteiger partial charge >= 0.3 is 0 Å². The number of alkyl halides is 1. The first-order valence-electron chi connectivity index (χ1n) is 3.23. The lowest BCUT2D eigenvalue weighted by atomic mass is 10.2. The highest BCUT2D eigenvalue weighted by Gasteiger charge is 2.16. The Kier molecular flexibility index (Phi) is 4.37. The second kappa shape index (κ2) is 4.79. The van der Waals surface area contributed by atoms with Crippen LogP contribution in [0, 0.1) is 0 Å². The third-order valence-electron chi connectivity index (χ3n) is 1.20. The first kappa shape index (κ1) is 11.9. The molecule has 0 aliphatic carbocycles. The Morgan fingerprint density at radius 3 is 1.77 bits per heavy atom. The normalized spacial score (nSPS) is 14.9. The van der Waals surface area contributed by atoms with Crippen molar-refractivity contribution >= 4 is 0 Å². The molecule has 0 aromatic carbocycles. The highest BCUT2D eigenvalue weighted by Crippen LogP contribution is 2.26. The van der Waals surface area contributed by atoms with Gasteiger partial charge in [-0.2, -0.15) is 0 Å². The lowest BCUT2D eigenvalue weighted by molar-refractivity contribution is 0.457. The van der Waals surface area contributed by atoms with Crippen LogP contribution >= 0.6 is 0 Å². The molecular formula is C8H7F5. The van der Waals surface area contributed by atoms with Crippen LogP contribution in [-0.2, 0) is 0 Å². The van der Waals surface area contributed by atoms with Crippen molar-refractivity contribution in [3.8, 4) is 0 Å². The average Bonchev–Trinajstić information content (AvgIpc) is 2.12. The van der Waals surface area contributed by atoms with Gasteiger partial charge in [0, 0.05) is 0 Å². The van der Waals surface area contributed by atoms with Gasteiger partial charge in [-0.25, -0.2) is 22.0 Å². The van der Waals surface area contributed by atoms with Gasteiger partial charge in [0.15, 0.2) is 23.3 Å². The molecular weight excluding hydrogens is 191 g/mol. The minimum absolute atomic E-state index is 0.645. The fourth-order valence-corrected chi connectivity index (χ4v) is 0.461. The molecule has 0 fully saturated rings. The van der Waals surface area contributed by atoms with E-state index in [1.807, 2.05) is 0 Å². The van der Waals surface area contributed by atoms with Crippen molar-refractivity contribution in [2.75, 3.05) is 6.67 Å². The van der Waals surface area contributed by atoms with E-state index in [-0.39, 0.29) is 0 Å². The van der Waals surface area contributed by atoms with Crippen LogP contribution in [0.5, 0.6) is 0 Å². The molecule has 0 saturated heterocycles. The first-order chi connectivity index (χ1) is 5.91. The molecule has 0 unspecified atom stereocenters. The fourth-order valence-electron chi connectivity index (χ4n) is 0.461. The molecule has 0 bridgehead atoms. The van der Waals surface area contributed by atoms with Crippen molar-refractivity contribution in [2.24, 2.45) is 0 Å². The Morgan fingerprint density at radius 1 is 1.00 bits per heavy atom. The molecule has 0 amide bonds. The molecule has 0 aromatic rings. The largest absolute Gasteiger partial charge is 0.246 e. The van der Waals surface area contributed by atoms with E-state index >= 15 is 0 Å². The molecule has 0 heterocycles. The van der Waals surface area contributed by atoms with Crippen LogP contribution in [0.4, 0.5) is 22.0 Å². The van der Waals surface area contributed by atoms with Crippen molar-refractivity contribution < 1.29 is 22.0 Å². The topological polar surface area (TPSA) is 0 Å². The molecule has 0 atom stereocenters. The number of hydrogen-bond acceptors (Lipinski definition) is 0. The molecule has 0 aliphatic heterocycles. The van der Waals surface area contributed by atoms with Gasteiger partial charge < -0.3 is 0 Å². The first-order valence-corrected chi connectivity index (χ1v) is 3.23. The zero-order valence-corrected chi connectivity index (χ0v) is 6.80. The van der Waals surface area contributed by atoms with Gasteiger partial charge in [0.1, 0.15) is 6.67 Å². The molecule has 0 saturated carbocycles. The van der Waals surface area contributed by atoms with E-state index in [0.717, 1.165) is 6.92 Å². The van der Waals surface area contributed by atoms with Crippen LogP contribution < -0.4 is 0 Å². The summed E-state index contributed by atoms with van der Waals surface area (Å²) in [6.45, 7) is 2.07. The van der Waals surface area contributed by atoms with E-state index in [2.05, 4.69) is 6.58 Å². The Bertz CT molecular complexity index is 274. The van der Waals surface area contributed by atoms with Crippen LogP contribution in [0.2, 0.25) is 0 Å². The molecule has 0 rings (SSSR count). The zero-order chi connectivity index (χ0) is 10.6. The summed E-state index contributed by atoms with van der Waals surface area (Å²) in [6.07, 6.45) is 0. The Hall–Kier alpha value is -1.13. The second-order valence-corrected chi connectivity index (χ2v) is 2.26. The Balaban J connectivity index is 5.10. The van der Waals surface area contributed by atoms with Crippen LogP contribution in [-0.4, -0.2) is 6.67 Å². The van der Waals surface area contributed by atoms with Gasteiger partial charge in [0.25, 0.3) is 0 Å². The predicted octanol–water partition coefficient (Wildman–Crippen LogP) is 3.83. The molecule has 0 aromatic heterocycles. The summed E-state index contributed by atoms with van der Waals surface area (Å²) >= 11 is 0. The summed E-state index contributed by atoms with van der Waals surface area (Å²) in [4.78, 5) is 0. The van der Waals surface area contributed by atoms with Crippen molar-refractivity contribution in [2.45, 2.75) is 6.92 Å². The minimum atomic E-state index is -2.07. The molecule has 5 heteroatoms. The van der Waals surface area contributed by atoms with Crippen molar-refractivity contribution in [1.29, 1.82) is 0 Å². The molecule has 0 nitrogen and oxygen atoms in total. The van der Waals surface area contributed by atoms with Gasteiger partial charge in [-0.3, -0.25) is 0 Å². The van der Waals surface area contributed by atoms with E-state index < -0.39 is 35.6 Å². The van der Waals surface area contributed by atoms with E-state index in [9.17, 15) is 22.0 Å². The Morgan fingerprint density at radius 2 is 1.46 bits per heavy atom. The summed E-state index contributed by atoms with van der Waals surface area (Å²) in [5.41, 5.74) is -0.645. The fraction of sp³-hybridized carbons (Fsp3) is 0.250. The van der Waals surface area contributed by atoms with Gasteiger partial charge in [0.2, 0.25) is 0 Å². The number of hydrogen-bond donors (Lipinski definition) is 0. The van der Waals surface area contributed by atoms with E-state index in [1.165, 1.54) is 0 Å². The maximum absolute atomic E-state index is 12.6. The summed E-state index contributed by atoms with van der Waals surface area (Å²) in [5, 5.41) is 0. The maximum Gasteiger partial charge on any atom is 0.197 e. The standard InChI is InChI=1S/C8H7F5/c1-4(3-9)6(11)8(13)7(12)5(2)10/h2-3H2,1H3/b6-4+,8-7-. The van der Waals surface area contributed by atoms with E-state index in [1.54, 1.807) is 0 Å². The molecule has 74 valence electrons. The third-order valence-corrected chi connectivity index (χ3v) is 1.20. The van der Waals surface area contributed by atoms with E-state index in [4.69, 9.17) is 0 Å². The minimum Gasteiger partial charge on any atom is -0.246 e. The molecule has 0 spiro atoms. The van der Waals surface area contributed by atoms with E-state index in [0.29, 0.717) is 0 Å². The second-order valence-electron chi connectivity index (χ2n) is 2.26. The maximum atomic E-state index is 12.6. The van der Waals surface area contributed by atoms with Crippen LogP contribution in [0.1, 0.15) is 6.92 Å². The smallest absolute Gasteiger partial charge is 0.197 e. The SMILES string of the molecule is C=C(F)/C(F)=C(F)\C(F)=C(\C)CF. The number of rotatable bonds is 3. The van der Waals surface area contributed by atoms with Crippen molar-refractivity contribution in [3.63, 3.8) is 0 Å². The average molecular weight is 198 g/mol. The molecule has 13 heavy (non-hydrogen) atoms. The predicted molar refractivity (Wildman–Crippen MR) is 39.3 cm³/mol. The molecule has 0 radical (unpaired) electrons. The summed E-state index contributed by atoms with van der Waals surface area (Å²) in [6, 6.07) is 0. The van der Waals surface area contributed by atoms with Crippen LogP contribution in [0.3, 0.4) is 0 Å². The number of halogens is 5. The molecule has 0 aliphatic rings. The van der Waals surface area contributed by atoms with Gasteiger partial charge in [-0.1, -0.05) is 6.58 Å². The Labute approximate surface area is 72.1 Å². The number of allylic oxidation sites excluding steroid dienone is 5. The molecule has 0 N–H and O–H groups in total. The van der Waals surface area contributed by atoms with Gasteiger partial charge in [-0.05, 0) is 12.5 Å². The van der Waals surface area contributed by atoms with Crippen LogP contribution in [0.15, 0.2) is 35.5 Å². The summed E-state index contributed by atoms with van der Waals surface area (Å²) in [5.74, 6) is -7.59. The quantitative estimate of drug-likeness (QED) is 0.477. The third kappa shape index (κ3) is 3.01. The van der Waals surface area contributed by atoms with Gasteiger partial charge in [-0.15, -0.1) is 0 Å².